The second-order valence-electron chi connectivity index (χ2n) is 3.77. The maximum Gasteiger partial charge on any atom is 0.326 e. The minimum Gasteiger partial charge on any atom is -0.480 e. The standard InChI is InChI=1S/C13H14FNO4/c14-10-4-2-1-3-9(10)5-6-12(17)15-11(7-8-16)13(18)19/h1-6,11,16H,7-8H2,(H,15,17)(H,18,19)/b6-5+. The van der Waals surface area contributed by atoms with E-state index in [1.807, 2.05) is 0 Å². The Kier molecular flexibility index (Phi) is 5.69. The van der Waals surface area contributed by atoms with Gasteiger partial charge < -0.3 is 15.5 Å². The van der Waals surface area contributed by atoms with Crippen molar-refractivity contribution in [2.75, 3.05) is 6.61 Å². The predicted molar refractivity (Wildman–Crippen MR) is 66.7 cm³/mol. The van der Waals surface area contributed by atoms with Crippen LogP contribution in [0.5, 0.6) is 0 Å². The SMILES string of the molecule is O=C(/C=C/c1ccccc1F)NC(CCO)C(=O)O. The Morgan fingerprint density at radius 1 is 1.37 bits per heavy atom. The number of carboxylic acids is 1. The normalized spacial score (nSPS) is 12.3. The number of aliphatic hydroxyl groups excluding tert-OH is 1. The van der Waals surface area contributed by atoms with E-state index >= 15 is 0 Å². The van der Waals surface area contributed by atoms with E-state index in [0.717, 1.165) is 6.08 Å². The smallest absolute Gasteiger partial charge is 0.326 e. The molecule has 1 aromatic rings. The summed E-state index contributed by atoms with van der Waals surface area (Å²) >= 11 is 0. The fourth-order valence-corrected chi connectivity index (χ4v) is 1.38. The van der Waals surface area contributed by atoms with E-state index in [9.17, 15) is 14.0 Å². The summed E-state index contributed by atoms with van der Waals surface area (Å²) < 4.78 is 13.2. The molecule has 1 rings (SSSR count). The maximum absolute atomic E-state index is 13.2. The van der Waals surface area contributed by atoms with Gasteiger partial charge in [-0.15, -0.1) is 0 Å². The molecule has 102 valence electrons. The Morgan fingerprint density at radius 2 is 2.05 bits per heavy atom. The molecule has 0 aliphatic carbocycles. The molecule has 3 N–H and O–H groups in total. The van der Waals surface area contributed by atoms with Crippen LogP contribution in [0.1, 0.15) is 12.0 Å². The van der Waals surface area contributed by atoms with Gasteiger partial charge in [-0.1, -0.05) is 18.2 Å². The third-order valence-corrected chi connectivity index (χ3v) is 2.35. The lowest BCUT2D eigenvalue weighted by Gasteiger charge is -2.11. The quantitative estimate of drug-likeness (QED) is 0.665. The van der Waals surface area contributed by atoms with E-state index in [4.69, 9.17) is 10.2 Å². The Labute approximate surface area is 109 Å². The molecule has 0 spiro atoms. The molecule has 0 aliphatic rings. The van der Waals surface area contributed by atoms with Crippen LogP contribution in [-0.4, -0.2) is 34.7 Å². The zero-order valence-electron chi connectivity index (χ0n) is 10.0. The van der Waals surface area contributed by atoms with Crippen molar-refractivity contribution in [1.29, 1.82) is 0 Å². The van der Waals surface area contributed by atoms with Crippen molar-refractivity contribution in [2.45, 2.75) is 12.5 Å². The summed E-state index contributed by atoms with van der Waals surface area (Å²) in [6.45, 7) is -0.353. The fraction of sp³-hybridized carbons (Fsp3) is 0.231. The van der Waals surface area contributed by atoms with Gasteiger partial charge in [0.1, 0.15) is 11.9 Å². The van der Waals surface area contributed by atoms with Gasteiger partial charge in [0.25, 0.3) is 0 Å². The zero-order chi connectivity index (χ0) is 14.3. The summed E-state index contributed by atoms with van der Waals surface area (Å²) in [4.78, 5) is 22.2. The van der Waals surface area contributed by atoms with Gasteiger partial charge in [0.2, 0.25) is 5.91 Å². The number of carbonyl (C=O) groups excluding carboxylic acids is 1. The lowest BCUT2D eigenvalue weighted by Crippen LogP contribution is -2.40. The molecule has 0 saturated heterocycles. The zero-order valence-corrected chi connectivity index (χ0v) is 10.0. The van der Waals surface area contributed by atoms with E-state index in [0.29, 0.717) is 0 Å². The third-order valence-electron chi connectivity index (χ3n) is 2.35. The highest BCUT2D eigenvalue weighted by Gasteiger charge is 2.17. The highest BCUT2D eigenvalue weighted by atomic mass is 19.1. The van der Waals surface area contributed by atoms with Gasteiger partial charge >= 0.3 is 5.97 Å². The Bertz CT molecular complexity index is 487. The molecule has 1 atom stereocenters. The summed E-state index contributed by atoms with van der Waals surface area (Å²) in [6.07, 6.45) is 2.21. The number of amides is 1. The number of hydrogen-bond donors (Lipinski definition) is 3. The number of halogens is 1. The lowest BCUT2D eigenvalue weighted by molar-refractivity contribution is -0.141. The first-order chi connectivity index (χ1) is 9.04. The minimum absolute atomic E-state index is 0.0887. The van der Waals surface area contributed by atoms with Crippen molar-refractivity contribution in [1.82, 2.24) is 5.32 Å². The molecule has 0 saturated carbocycles. The van der Waals surface area contributed by atoms with Gasteiger partial charge in [-0.05, 0) is 12.1 Å². The number of aliphatic carboxylic acids is 1. The number of benzene rings is 1. The number of rotatable bonds is 6. The van der Waals surface area contributed by atoms with E-state index in [1.165, 1.54) is 24.3 Å². The molecule has 0 heterocycles. The summed E-state index contributed by atoms with van der Waals surface area (Å²) in [6, 6.07) is 4.72. The number of carboxylic acid groups (broad SMARTS) is 1. The summed E-state index contributed by atoms with van der Waals surface area (Å²) in [5.74, 6) is -2.37. The van der Waals surface area contributed by atoms with E-state index in [-0.39, 0.29) is 18.6 Å². The molecule has 1 aromatic carbocycles. The van der Waals surface area contributed by atoms with Crippen molar-refractivity contribution in [2.24, 2.45) is 0 Å². The molecule has 0 bridgehead atoms. The largest absolute Gasteiger partial charge is 0.480 e. The summed E-state index contributed by atoms with van der Waals surface area (Å²) in [7, 11) is 0. The molecule has 0 aliphatic heterocycles. The second-order valence-corrected chi connectivity index (χ2v) is 3.77. The van der Waals surface area contributed by atoms with E-state index < -0.39 is 23.7 Å². The molecular formula is C13H14FNO4. The molecule has 6 heteroatoms. The van der Waals surface area contributed by atoms with Crippen LogP contribution in [0.15, 0.2) is 30.3 Å². The molecule has 1 unspecified atom stereocenters. The molecule has 19 heavy (non-hydrogen) atoms. The average Bonchev–Trinajstić information content (AvgIpc) is 2.37. The highest BCUT2D eigenvalue weighted by Crippen LogP contribution is 2.07. The van der Waals surface area contributed by atoms with Crippen molar-refractivity contribution in [3.63, 3.8) is 0 Å². The monoisotopic (exact) mass is 267 g/mol. The highest BCUT2D eigenvalue weighted by molar-refractivity contribution is 5.94. The number of hydrogen-bond acceptors (Lipinski definition) is 3. The molecule has 5 nitrogen and oxygen atoms in total. The van der Waals surface area contributed by atoms with Gasteiger partial charge in [-0.3, -0.25) is 4.79 Å². The molecule has 0 aromatic heterocycles. The average molecular weight is 267 g/mol. The van der Waals surface area contributed by atoms with Crippen LogP contribution in [0.4, 0.5) is 4.39 Å². The second kappa shape index (κ2) is 7.27. The van der Waals surface area contributed by atoms with Crippen molar-refractivity contribution < 1.29 is 24.2 Å². The maximum atomic E-state index is 13.2. The first kappa shape index (κ1) is 14.8. The third kappa shape index (κ3) is 4.89. The van der Waals surface area contributed by atoms with Crippen molar-refractivity contribution in [3.8, 4) is 0 Å². The number of aliphatic hydroxyl groups is 1. The van der Waals surface area contributed by atoms with Gasteiger partial charge in [-0.2, -0.15) is 0 Å². The first-order valence-corrected chi connectivity index (χ1v) is 5.61. The number of carbonyl (C=O) groups is 2. The Morgan fingerprint density at radius 3 is 2.63 bits per heavy atom. The van der Waals surface area contributed by atoms with Crippen LogP contribution in [0.3, 0.4) is 0 Å². The van der Waals surface area contributed by atoms with Gasteiger partial charge in [0.15, 0.2) is 0 Å². The summed E-state index contributed by atoms with van der Waals surface area (Å²) in [5.41, 5.74) is 0.228. The minimum atomic E-state index is -1.23. The summed E-state index contributed by atoms with van der Waals surface area (Å²) in [5, 5.41) is 19.6. The number of nitrogens with one attached hydrogen (secondary N) is 1. The first-order valence-electron chi connectivity index (χ1n) is 5.61. The lowest BCUT2D eigenvalue weighted by atomic mass is 10.2. The Balaban J connectivity index is 2.64. The van der Waals surface area contributed by atoms with E-state index in [1.54, 1.807) is 6.07 Å². The van der Waals surface area contributed by atoms with Crippen LogP contribution in [-0.2, 0) is 9.59 Å². The van der Waals surface area contributed by atoms with Gasteiger partial charge in [0.05, 0.1) is 0 Å². The van der Waals surface area contributed by atoms with Crippen LogP contribution >= 0.6 is 0 Å². The molecule has 1 amide bonds. The van der Waals surface area contributed by atoms with Crippen molar-refractivity contribution in [3.05, 3.63) is 41.7 Å². The predicted octanol–water partition coefficient (Wildman–Crippen LogP) is 0.791. The van der Waals surface area contributed by atoms with Crippen LogP contribution in [0, 0.1) is 5.82 Å². The molecule has 0 fully saturated rings. The van der Waals surface area contributed by atoms with Crippen molar-refractivity contribution >= 4 is 18.0 Å². The topological polar surface area (TPSA) is 86.6 Å². The van der Waals surface area contributed by atoms with Crippen LogP contribution < -0.4 is 5.32 Å². The van der Waals surface area contributed by atoms with Crippen LogP contribution in [0.25, 0.3) is 6.08 Å². The molecular weight excluding hydrogens is 253 g/mol. The van der Waals surface area contributed by atoms with Crippen LogP contribution in [0.2, 0.25) is 0 Å². The van der Waals surface area contributed by atoms with Gasteiger partial charge in [-0.25, -0.2) is 9.18 Å². The van der Waals surface area contributed by atoms with Gasteiger partial charge in [0, 0.05) is 24.7 Å². The van der Waals surface area contributed by atoms with E-state index in [2.05, 4.69) is 5.32 Å². The molecule has 0 radical (unpaired) electrons. The Hall–Kier alpha value is -2.21. The fourth-order valence-electron chi connectivity index (χ4n) is 1.38.